The average Bonchev–Trinajstić information content (AvgIpc) is 2.98. The molecule has 1 aromatic rings. The van der Waals surface area contributed by atoms with Crippen molar-refractivity contribution in [2.75, 3.05) is 33.4 Å². The molecule has 0 radical (unpaired) electrons. The lowest BCUT2D eigenvalue weighted by Crippen LogP contribution is -2.35. The van der Waals surface area contributed by atoms with E-state index in [2.05, 4.69) is 52.3 Å². The van der Waals surface area contributed by atoms with Gasteiger partial charge in [-0.25, -0.2) is 0 Å². The van der Waals surface area contributed by atoms with Gasteiger partial charge in [0, 0.05) is 34.7 Å². The van der Waals surface area contributed by atoms with Gasteiger partial charge in [0.05, 0.1) is 6.61 Å². The molecule has 0 spiro atoms. The van der Waals surface area contributed by atoms with E-state index in [9.17, 15) is 0 Å². The summed E-state index contributed by atoms with van der Waals surface area (Å²) in [5, 5.41) is 4.37. The molecule has 3 nitrogen and oxygen atoms in total. The zero-order valence-electron chi connectivity index (χ0n) is 12.7. The van der Waals surface area contributed by atoms with Crippen LogP contribution in [0.3, 0.4) is 0 Å². The topological polar surface area (TPSA) is 24.5 Å². The van der Waals surface area contributed by atoms with E-state index in [4.69, 9.17) is 16.3 Å². The Kier molecular flexibility index (Phi) is 6.96. The van der Waals surface area contributed by atoms with Crippen LogP contribution in [-0.2, 0) is 4.74 Å². The van der Waals surface area contributed by atoms with Crippen LogP contribution in [0.15, 0.2) is 22.7 Å². The molecule has 1 aliphatic rings. The SMILES string of the molecule is CCNC(CCN(C)C1CCOC1)c1ccc(Br)cc1Cl. The summed E-state index contributed by atoms with van der Waals surface area (Å²) in [5.41, 5.74) is 1.18. The summed E-state index contributed by atoms with van der Waals surface area (Å²) in [6.07, 6.45) is 2.18. The van der Waals surface area contributed by atoms with E-state index in [0.717, 1.165) is 48.6 Å². The van der Waals surface area contributed by atoms with Crippen molar-refractivity contribution in [3.05, 3.63) is 33.3 Å². The van der Waals surface area contributed by atoms with Crippen LogP contribution in [0.2, 0.25) is 5.02 Å². The molecule has 5 heteroatoms. The Balaban J connectivity index is 1.97. The van der Waals surface area contributed by atoms with Crippen molar-refractivity contribution in [3.8, 4) is 0 Å². The summed E-state index contributed by atoms with van der Waals surface area (Å²) in [6, 6.07) is 6.99. The quantitative estimate of drug-likeness (QED) is 0.783. The third-order valence-corrected chi connectivity index (χ3v) is 4.91. The molecule has 0 bridgehead atoms. The van der Waals surface area contributed by atoms with Gasteiger partial charge in [0.15, 0.2) is 0 Å². The van der Waals surface area contributed by atoms with E-state index in [-0.39, 0.29) is 0 Å². The maximum atomic E-state index is 6.40. The van der Waals surface area contributed by atoms with Crippen LogP contribution in [0.1, 0.15) is 31.4 Å². The molecule has 2 rings (SSSR count). The zero-order chi connectivity index (χ0) is 15.2. The van der Waals surface area contributed by atoms with E-state index in [1.165, 1.54) is 5.56 Å². The number of nitrogens with zero attached hydrogens (tertiary/aromatic N) is 1. The predicted molar refractivity (Wildman–Crippen MR) is 92.0 cm³/mol. The lowest BCUT2D eigenvalue weighted by atomic mass is 10.0. The maximum absolute atomic E-state index is 6.40. The fourth-order valence-electron chi connectivity index (χ4n) is 2.78. The molecule has 1 N–H and O–H groups in total. The van der Waals surface area contributed by atoms with Crippen molar-refractivity contribution >= 4 is 27.5 Å². The van der Waals surface area contributed by atoms with E-state index in [0.29, 0.717) is 12.1 Å². The highest BCUT2D eigenvalue weighted by molar-refractivity contribution is 9.10. The zero-order valence-corrected chi connectivity index (χ0v) is 15.1. The summed E-state index contributed by atoms with van der Waals surface area (Å²) in [5.74, 6) is 0. The van der Waals surface area contributed by atoms with Gasteiger partial charge in [-0.05, 0) is 44.1 Å². The first-order chi connectivity index (χ1) is 10.1. The highest BCUT2D eigenvalue weighted by Gasteiger charge is 2.21. The molecule has 21 heavy (non-hydrogen) atoms. The van der Waals surface area contributed by atoms with Crippen LogP contribution in [0.4, 0.5) is 0 Å². The van der Waals surface area contributed by atoms with Crippen molar-refractivity contribution in [2.45, 2.75) is 31.8 Å². The maximum Gasteiger partial charge on any atom is 0.0622 e. The smallest absolute Gasteiger partial charge is 0.0622 e. The minimum atomic E-state index is 0.292. The largest absolute Gasteiger partial charge is 0.380 e. The van der Waals surface area contributed by atoms with Crippen molar-refractivity contribution in [1.82, 2.24) is 10.2 Å². The average molecular weight is 376 g/mol. The van der Waals surface area contributed by atoms with Gasteiger partial charge in [-0.3, -0.25) is 0 Å². The van der Waals surface area contributed by atoms with Crippen molar-refractivity contribution in [1.29, 1.82) is 0 Å². The van der Waals surface area contributed by atoms with Crippen LogP contribution in [0.5, 0.6) is 0 Å². The molecule has 2 atom stereocenters. The number of hydrogen-bond donors (Lipinski definition) is 1. The van der Waals surface area contributed by atoms with Crippen LogP contribution in [-0.4, -0.2) is 44.3 Å². The second-order valence-electron chi connectivity index (χ2n) is 5.56. The molecule has 118 valence electrons. The third-order valence-electron chi connectivity index (χ3n) is 4.09. The minimum Gasteiger partial charge on any atom is -0.380 e. The number of nitrogens with one attached hydrogen (secondary N) is 1. The van der Waals surface area contributed by atoms with E-state index in [1.807, 2.05) is 6.07 Å². The van der Waals surface area contributed by atoms with Crippen LogP contribution < -0.4 is 5.32 Å². The molecular formula is C16H24BrClN2O. The van der Waals surface area contributed by atoms with Crippen LogP contribution in [0, 0.1) is 0 Å². The van der Waals surface area contributed by atoms with Crippen molar-refractivity contribution in [2.24, 2.45) is 0 Å². The molecule has 0 amide bonds. The van der Waals surface area contributed by atoms with Crippen molar-refractivity contribution < 1.29 is 4.74 Å². The summed E-state index contributed by atoms with van der Waals surface area (Å²) < 4.78 is 6.49. The highest BCUT2D eigenvalue weighted by atomic mass is 79.9. The second-order valence-corrected chi connectivity index (χ2v) is 6.89. The van der Waals surface area contributed by atoms with Crippen LogP contribution in [0.25, 0.3) is 0 Å². The number of ether oxygens (including phenoxy) is 1. The van der Waals surface area contributed by atoms with Crippen LogP contribution >= 0.6 is 27.5 Å². The molecule has 1 aromatic carbocycles. The molecule has 0 aliphatic carbocycles. The third kappa shape index (κ3) is 4.93. The van der Waals surface area contributed by atoms with Gasteiger partial charge in [0.2, 0.25) is 0 Å². The normalized spacial score (nSPS) is 20.1. The monoisotopic (exact) mass is 374 g/mol. The molecule has 0 aromatic heterocycles. The number of likely N-dealkylation sites (N-methyl/N-ethyl adjacent to an activating group) is 1. The fraction of sp³-hybridized carbons (Fsp3) is 0.625. The first kappa shape index (κ1) is 17.2. The van der Waals surface area contributed by atoms with Crippen molar-refractivity contribution in [3.63, 3.8) is 0 Å². The van der Waals surface area contributed by atoms with E-state index < -0.39 is 0 Å². The number of hydrogen-bond acceptors (Lipinski definition) is 3. The molecule has 1 heterocycles. The summed E-state index contributed by atoms with van der Waals surface area (Å²) in [4.78, 5) is 2.41. The van der Waals surface area contributed by atoms with Gasteiger partial charge in [-0.1, -0.05) is 40.5 Å². The minimum absolute atomic E-state index is 0.292. The number of rotatable bonds is 7. The predicted octanol–water partition coefficient (Wildman–Crippen LogP) is 3.86. The highest BCUT2D eigenvalue weighted by Crippen LogP contribution is 2.28. The van der Waals surface area contributed by atoms with Gasteiger partial charge in [0.1, 0.15) is 0 Å². The summed E-state index contributed by atoms with van der Waals surface area (Å²) in [7, 11) is 2.19. The first-order valence-corrected chi connectivity index (χ1v) is 8.75. The Labute approximate surface area is 141 Å². The Morgan fingerprint density at radius 1 is 1.52 bits per heavy atom. The van der Waals surface area contributed by atoms with E-state index >= 15 is 0 Å². The second kappa shape index (κ2) is 8.49. The number of halogens is 2. The lowest BCUT2D eigenvalue weighted by molar-refractivity contribution is 0.156. The summed E-state index contributed by atoms with van der Waals surface area (Å²) in [6.45, 7) is 5.87. The van der Waals surface area contributed by atoms with Gasteiger partial charge in [0.25, 0.3) is 0 Å². The lowest BCUT2D eigenvalue weighted by Gasteiger charge is -2.26. The number of benzene rings is 1. The van der Waals surface area contributed by atoms with Gasteiger partial charge in [-0.15, -0.1) is 0 Å². The van der Waals surface area contributed by atoms with E-state index in [1.54, 1.807) is 0 Å². The first-order valence-electron chi connectivity index (χ1n) is 7.58. The van der Waals surface area contributed by atoms with Gasteiger partial charge in [-0.2, -0.15) is 0 Å². The molecule has 0 saturated carbocycles. The molecule has 1 saturated heterocycles. The Hall–Kier alpha value is -0.130. The standard InChI is InChI=1S/C16H24BrClN2O/c1-3-19-16(14-5-4-12(17)10-15(14)18)6-8-20(2)13-7-9-21-11-13/h4-5,10,13,16,19H,3,6-9,11H2,1-2H3. The Morgan fingerprint density at radius 3 is 2.95 bits per heavy atom. The molecular weight excluding hydrogens is 352 g/mol. The fourth-order valence-corrected chi connectivity index (χ4v) is 3.59. The molecule has 1 aliphatic heterocycles. The van der Waals surface area contributed by atoms with Gasteiger partial charge >= 0.3 is 0 Å². The Morgan fingerprint density at radius 2 is 2.33 bits per heavy atom. The van der Waals surface area contributed by atoms with Gasteiger partial charge < -0.3 is 15.0 Å². The molecule has 1 fully saturated rings. The summed E-state index contributed by atoms with van der Waals surface area (Å²) >= 11 is 9.86. The molecule has 2 unspecified atom stereocenters. The Bertz CT molecular complexity index is 452.